The highest BCUT2D eigenvalue weighted by Crippen LogP contribution is 2.35. The van der Waals surface area contributed by atoms with Crippen LogP contribution in [-0.2, 0) is 21.4 Å². The quantitative estimate of drug-likeness (QED) is 0.650. The van der Waals surface area contributed by atoms with Gasteiger partial charge in [-0.25, -0.2) is 0 Å². The normalized spacial score (nSPS) is 20.1. The summed E-state index contributed by atoms with van der Waals surface area (Å²) in [6, 6.07) is 18.7. The van der Waals surface area contributed by atoms with Gasteiger partial charge in [0.05, 0.1) is 6.04 Å². The number of likely N-dealkylation sites (tertiary alicyclic amines) is 1. The van der Waals surface area contributed by atoms with E-state index in [2.05, 4.69) is 52.7 Å². The van der Waals surface area contributed by atoms with Gasteiger partial charge < -0.3 is 15.0 Å². The van der Waals surface area contributed by atoms with Crippen LogP contribution in [0.2, 0.25) is 5.02 Å². The summed E-state index contributed by atoms with van der Waals surface area (Å²) in [5, 5.41) is 4.33. The van der Waals surface area contributed by atoms with Crippen LogP contribution in [0, 0.1) is 5.92 Å². The Morgan fingerprint density at radius 1 is 1.09 bits per heavy atom. The van der Waals surface area contributed by atoms with E-state index in [-0.39, 0.29) is 17.4 Å². The fourth-order valence-electron chi connectivity index (χ4n) is 5.15. The average Bonchev–Trinajstić information content (AvgIpc) is 2.84. The molecule has 1 N–H and O–H groups in total. The molecule has 4 rings (SSSR count). The lowest BCUT2D eigenvalue weighted by Gasteiger charge is -2.39. The molecule has 2 aliphatic rings. The molecular formula is C27H35ClN2O2. The molecule has 0 bridgehead atoms. The number of hydrogen-bond acceptors (Lipinski definition) is 3. The number of nitrogens with zero attached hydrogens (tertiary/aromatic N) is 1. The highest BCUT2D eigenvalue weighted by atomic mass is 35.5. The van der Waals surface area contributed by atoms with Gasteiger partial charge in [0, 0.05) is 43.3 Å². The van der Waals surface area contributed by atoms with E-state index in [9.17, 15) is 4.79 Å². The molecule has 32 heavy (non-hydrogen) atoms. The van der Waals surface area contributed by atoms with E-state index in [1.54, 1.807) is 0 Å². The lowest BCUT2D eigenvalue weighted by Crippen LogP contribution is -2.52. The maximum absolute atomic E-state index is 13.1. The Morgan fingerprint density at radius 3 is 2.41 bits per heavy atom. The molecule has 5 heteroatoms. The lowest BCUT2D eigenvalue weighted by molar-refractivity contribution is -0.134. The first kappa shape index (κ1) is 23.3. The van der Waals surface area contributed by atoms with Crippen LogP contribution >= 0.6 is 11.6 Å². The Bertz CT molecular complexity index is 857. The summed E-state index contributed by atoms with van der Waals surface area (Å²) < 4.78 is 5.64. The Kier molecular flexibility index (Phi) is 7.88. The summed E-state index contributed by atoms with van der Waals surface area (Å²) in [4.78, 5) is 15.2. The van der Waals surface area contributed by atoms with Gasteiger partial charge in [0.2, 0.25) is 5.91 Å². The molecule has 2 aromatic carbocycles. The zero-order valence-electron chi connectivity index (χ0n) is 19.1. The standard InChI is InChI=1S/C27H35ClN2O2/c1-21(26(31)30-15-11-23(12-16-30)19-22-5-3-2-4-6-22)29-20-27(13-17-32-18-14-27)24-7-9-25(28)10-8-24/h2-10,21,23,29H,11-20H2,1H3. The summed E-state index contributed by atoms with van der Waals surface area (Å²) in [5.74, 6) is 0.890. The number of hydrogen-bond donors (Lipinski definition) is 1. The van der Waals surface area contributed by atoms with Gasteiger partial charge in [-0.05, 0) is 68.2 Å². The zero-order chi connectivity index (χ0) is 22.4. The second-order valence-electron chi connectivity index (χ2n) is 9.46. The van der Waals surface area contributed by atoms with Crippen molar-refractivity contribution in [3.05, 3.63) is 70.7 Å². The van der Waals surface area contributed by atoms with E-state index in [0.29, 0.717) is 5.92 Å². The number of halogens is 1. The van der Waals surface area contributed by atoms with Gasteiger partial charge >= 0.3 is 0 Å². The minimum Gasteiger partial charge on any atom is -0.381 e. The first-order valence-electron chi connectivity index (χ1n) is 12.0. The number of nitrogens with one attached hydrogen (secondary N) is 1. The first-order valence-corrected chi connectivity index (χ1v) is 12.3. The number of carbonyl (C=O) groups excluding carboxylic acids is 1. The molecule has 2 aromatic rings. The van der Waals surface area contributed by atoms with Gasteiger partial charge in [0.25, 0.3) is 0 Å². The minimum absolute atomic E-state index is 0.0138. The molecule has 0 radical (unpaired) electrons. The van der Waals surface area contributed by atoms with Gasteiger partial charge in [0.15, 0.2) is 0 Å². The number of benzene rings is 2. The van der Waals surface area contributed by atoms with Crippen molar-refractivity contribution in [2.75, 3.05) is 32.8 Å². The van der Waals surface area contributed by atoms with Crippen molar-refractivity contribution in [1.82, 2.24) is 10.2 Å². The van der Waals surface area contributed by atoms with Crippen LogP contribution in [0.3, 0.4) is 0 Å². The molecule has 2 heterocycles. The predicted molar refractivity (Wildman–Crippen MR) is 130 cm³/mol. The van der Waals surface area contributed by atoms with Crippen molar-refractivity contribution in [3.8, 4) is 0 Å². The molecule has 0 aliphatic carbocycles. The Labute approximate surface area is 197 Å². The third-order valence-electron chi connectivity index (χ3n) is 7.32. The third kappa shape index (κ3) is 5.72. The van der Waals surface area contributed by atoms with Crippen molar-refractivity contribution >= 4 is 17.5 Å². The van der Waals surface area contributed by atoms with Crippen molar-refractivity contribution in [3.63, 3.8) is 0 Å². The van der Waals surface area contributed by atoms with Gasteiger partial charge in [-0.1, -0.05) is 54.1 Å². The van der Waals surface area contributed by atoms with Crippen molar-refractivity contribution in [2.45, 2.75) is 50.5 Å². The zero-order valence-corrected chi connectivity index (χ0v) is 19.8. The molecule has 0 spiro atoms. The van der Waals surface area contributed by atoms with Crippen LogP contribution in [0.5, 0.6) is 0 Å². The van der Waals surface area contributed by atoms with E-state index in [0.717, 1.165) is 70.0 Å². The Hall–Kier alpha value is -1.88. The molecule has 2 saturated heterocycles. The summed E-state index contributed by atoms with van der Waals surface area (Å²) in [5.41, 5.74) is 2.66. The first-order chi connectivity index (χ1) is 15.6. The summed E-state index contributed by atoms with van der Waals surface area (Å²) >= 11 is 6.12. The second-order valence-corrected chi connectivity index (χ2v) is 9.90. The molecular weight excluding hydrogens is 420 g/mol. The van der Waals surface area contributed by atoms with Gasteiger partial charge in [-0.15, -0.1) is 0 Å². The third-order valence-corrected chi connectivity index (χ3v) is 7.57. The predicted octanol–water partition coefficient (Wildman–Crippen LogP) is 4.85. The van der Waals surface area contributed by atoms with Crippen molar-refractivity contribution < 1.29 is 9.53 Å². The SMILES string of the molecule is CC(NCC1(c2ccc(Cl)cc2)CCOCC1)C(=O)N1CCC(Cc2ccccc2)CC1. The fraction of sp³-hybridized carbons (Fsp3) is 0.519. The summed E-state index contributed by atoms with van der Waals surface area (Å²) in [6.45, 7) is 6.00. The van der Waals surface area contributed by atoms with E-state index in [4.69, 9.17) is 16.3 Å². The number of carbonyl (C=O) groups is 1. The van der Waals surface area contributed by atoms with Crippen LogP contribution in [0.4, 0.5) is 0 Å². The van der Waals surface area contributed by atoms with Crippen LogP contribution in [0.1, 0.15) is 43.7 Å². The van der Waals surface area contributed by atoms with Crippen LogP contribution in [0.15, 0.2) is 54.6 Å². The minimum atomic E-state index is -0.187. The monoisotopic (exact) mass is 454 g/mol. The van der Waals surface area contributed by atoms with Gasteiger partial charge in [-0.2, -0.15) is 0 Å². The number of ether oxygens (including phenoxy) is 1. The summed E-state index contributed by atoms with van der Waals surface area (Å²) in [7, 11) is 0. The van der Waals surface area contributed by atoms with Crippen LogP contribution < -0.4 is 5.32 Å². The van der Waals surface area contributed by atoms with E-state index in [1.807, 2.05) is 19.1 Å². The van der Waals surface area contributed by atoms with E-state index >= 15 is 0 Å². The fourth-order valence-corrected chi connectivity index (χ4v) is 5.27. The highest BCUT2D eigenvalue weighted by molar-refractivity contribution is 6.30. The summed E-state index contributed by atoms with van der Waals surface area (Å²) in [6.07, 6.45) is 5.18. The molecule has 2 fully saturated rings. The Balaban J connectivity index is 1.30. The average molecular weight is 455 g/mol. The van der Waals surface area contributed by atoms with Crippen molar-refractivity contribution in [1.29, 1.82) is 0 Å². The van der Waals surface area contributed by atoms with E-state index < -0.39 is 0 Å². The lowest BCUT2D eigenvalue weighted by atomic mass is 9.74. The largest absolute Gasteiger partial charge is 0.381 e. The van der Waals surface area contributed by atoms with Crippen molar-refractivity contribution in [2.24, 2.45) is 5.92 Å². The second kappa shape index (κ2) is 10.8. The molecule has 0 aromatic heterocycles. The smallest absolute Gasteiger partial charge is 0.239 e. The molecule has 0 saturated carbocycles. The molecule has 4 nitrogen and oxygen atoms in total. The maximum atomic E-state index is 13.1. The number of piperidine rings is 1. The Morgan fingerprint density at radius 2 is 1.75 bits per heavy atom. The molecule has 1 amide bonds. The van der Waals surface area contributed by atoms with Gasteiger partial charge in [0.1, 0.15) is 0 Å². The number of amides is 1. The molecule has 1 atom stereocenters. The van der Waals surface area contributed by atoms with E-state index in [1.165, 1.54) is 11.1 Å². The highest BCUT2D eigenvalue weighted by Gasteiger charge is 2.35. The maximum Gasteiger partial charge on any atom is 0.239 e. The molecule has 2 aliphatic heterocycles. The topological polar surface area (TPSA) is 41.6 Å². The molecule has 1 unspecified atom stereocenters. The van der Waals surface area contributed by atoms with Crippen LogP contribution in [-0.4, -0.2) is 49.7 Å². The molecule has 172 valence electrons. The number of rotatable bonds is 7. The van der Waals surface area contributed by atoms with Gasteiger partial charge in [-0.3, -0.25) is 4.79 Å². The van der Waals surface area contributed by atoms with Crippen LogP contribution in [0.25, 0.3) is 0 Å².